The first-order chi connectivity index (χ1) is 15.5. The number of aromatic amines is 1. The van der Waals surface area contributed by atoms with Crippen LogP contribution in [0.3, 0.4) is 0 Å². The molecule has 2 saturated heterocycles. The van der Waals surface area contributed by atoms with E-state index in [4.69, 9.17) is 5.26 Å². The Morgan fingerprint density at radius 3 is 2.45 bits per heavy atom. The van der Waals surface area contributed by atoms with E-state index in [2.05, 4.69) is 27.1 Å². The van der Waals surface area contributed by atoms with Crippen LogP contribution in [0.4, 0.5) is 11.4 Å². The van der Waals surface area contributed by atoms with Crippen LogP contribution in [0.15, 0.2) is 24.4 Å². The van der Waals surface area contributed by atoms with E-state index in [1.54, 1.807) is 22.3 Å². The number of rotatable bonds is 4. The molecule has 1 aromatic heterocycles. The fraction of sp³-hybridized carbons (Fsp3) is 0.450. The zero-order chi connectivity index (χ0) is 23.8. The molecular formula is C20H24N6O5S2. The van der Waals surface area contributed by atoms with E-state index in [1.807, 2.05) is 6.07 Å². The molecule has 176 valence electrons. The molecular weight excluding hydrogens is 468 g/mol. The minimum absolute atomic E-state index is 0.00983. The lowest BCUT2D eigenvalue weighted by Gasteiger charge is -2.34. The number of benzene rings is 1. The standard InChI is InChI=1S/C20H24N6O5S2/c1-13-4-6-26(7-5-13)18-8-14(15-11-32(28,29)25-33(30,31)12-15)2-3-17(18)24-20(27)19-22-10-16(9-21)23-19/h2-3,8,10,13,15,25H,4-7,11-12H2,1H3,(H,22,23)(H,24,27). The zero-order valence-corrected chi connectivity index (χ0v) is 19.5. The van der Waals surface area contributed by atoms with Crippen molar-refractivity contribution in [2.24, 2.45) is 5.92 Å². The number of imidazole rings is 1. The second-order valence-electron chi connectivity index (χ2n) is 8.50. The van der Waals surface area contributed by atoms with E-state index >= 15 is 0 Å². The van der Waals surface area contributed by atoms with Gasteiger partial charge in [-0.1, -0.05) is 13.0 Å². The number of piperidine rings is 1. The molecule has 2 fully saturated rings. The summed E-state index contributed by atoms with van der Waals surface area (Å²) in [5.41, 5.74) is 1.91. The summed E-state index contributed by atoms with van der Waals surface area (Å²) in [5.74, 6) is -1.37. The molecule has 2 aliphatic heterocycles. The number of nitriles is 1. The Balaban J connectivity index is 1.68. The smallest absolute Gasteiger partial charge is 0.291 e. The number of nitrogens with zero attached hydrogens (tertiary/aromatic N) is 3. The summed E-state index contributed by atoms with van der Waals surface area (Å²) >= 11 is 0. The first kappa shape index (κ1) is 23.2. The van der Waals surface area contributed by atoms with Crippen LogP contribution < -0.4 is 14.3 Å². The third-order valence-corrected chi connectivity index (χ3v) is 9.59. The summed E-state index contributed by atoms with van der Waals surface area (Å²) in [5, 5.41) is 11.7. The van der Waals surface area contributed by atoms with Gasteiger partial charge in [0.1, 0.15) is 11.8 Å². The summed E-state index contributed by atoms with van der Waals surface area (Å²) in [4.78, 5) is 21.3. The third-order valence-electron chi connectivity index (χ3n) is 5.87. The molecule has 0 aliphatic carbocycles. The van der Waals surface area contributed by atoms with Crippen molar-refractivity contribution >= 4 is 37.3 Å². The topological polar surface area (TPSA) is 165 Å². The van der Waals surface area contributed by atoms with Gasteiger partial charge in [0.2, 0.25) is 20.0 Å². The van der Waals surface area contributed by atoms with Gasteiger partial charge in [-0.05, 0) is 36.5 Å². The van der Waals surface area contributed by atoms with Gasteiger partial charge in [0.15, 0.2) is 5.82 Å². The minimum atomic E-state index is -3.96. The fourth-order valence-corrected chi connectivity index (χ4v) is 8.05. The van der Waals surface area contributed by atoms with Gasteiger partial charge in [-0.3, -0.25) is 4.79 Å². The van der Waals surface area contributed by atoms with Gasteiger partial charge in [-0.15, -0.1) is 4.13 Å². The molecule has 11 nitrogen and oxygen atoms in total. The molecule has 0 unspecified atom stereocenters. The van der Waals surface area contributed by atoms with Crippen molar-refractivity contribution in [2.45, 2.75) is 25.7 Å². The van der Waals surface area contributed by atoms with Crippen LogP contribution in [0.2, 0.25) is 0 Å². The monoisotopic (exact) mass is 492 g/mol. The van der Waals surface area contributed by atoms with Crippen LogP contribution in [0.5, 0.6) is 0 Å². The quantitative estimate of drug-likeness (QED) is 0.571. The molecule has 33 heavy (non-hydrogen) atoms. The van der Waals surface area contributed by atoms with Gasteiger partial charge in [0.05, 0.1) is 29.1 Å². The predicted molar refractivity (Wildman–Crippen MR) is 122 cm³/mol. The van der Waals surface area contributed by atoms with Crippen molar-refractivity contribution in [2.75, 3.05) is 34.8 Å². The number of hydrogen-bond acceptors (Lipinski definition) is 8. The first-order valence-corrected chi connectivity index (χ1v) is 13.7. The molecule has 13 heteroatoms. The highest BCUT2D eigenvalue weighted by molar-refractivity contribution is 8.05. The number of sulfonamides is 2. The Kier molecular flexibility index (Phi) is 6.17. The highest BCUT2D eigenvalue weighted by atomic mass is 32.3. The maximum Gasteiger partial charge on any atom is 0.291 e. The number of anilines is 2. The number of nitrogens with one attached hydrogen (secondary N) is 3. The van der Waals surface area contributed by atoms with E-state index in [-0.39, 0.29) is 23.0 Å². The summed E-state index contributed by atoms with van der Waals surface area (Å²) in [7, 11) is -7.92. The van der Waals surface area contributed by atoms with Crippen LogP contribution in [-0.2, 0) is 20.0 Å². The average molecular weight is 493 g/mol. The lowest BCUT2D eigenvalue weighted by molar-refractivity contribution is 0.101. The summed E-state index contributed by atoms with van der Waals surface area (Å²) in [6.07, 6.45) is 3.18. The molecule has 3 heterocycles. The Hall–Kier alpha value is -2.95. The number of carbonyl (C=O) groups excluding carboxylic acids is 1. The maximum atomic E-state index is 12.7. The van der Waals surface area contributed by atoms with Gasteiger partial charge < -0.3 is 15.2 Å². The Labute approximate surface area is 192 Å². The van der Waals surface area contributed by atoms with Crippen molar-refractivity contribution < 1.29 is 21.6 Å². The molecule has 0 spiro atoms. The van der Waals surface area contributed by atoms with Gasteiger partial charge in [-0.25, -0.2) is 21.8 Å². The molecule has 0 radical (unpaired) electrons. The van der Waals surface area contributed by atoms with Gasteiger partial charge in [-0.2, -0.15) is 5.26 Å². The number of hydrogen-bond donors (Lipinski definition) is 3. The second kappa shape index (κ2) is 8.77. The first-order valence-electron chi connectivity index (χ1n) is 10.4. The van der Waals surface area contributed by atoms with Crippen LogP contribution in [0, 0.1) is 17.2 Å². The van der Waals surface area contributed by atoms with E-state index in [0.29, 0.717) is 22.9 Å². The van der Waals surface area contributed by atoms with E-state index in [9.17, 15) is 21.6 Å². The van der Waals surface area contributed by atoms with Gasteiger partial charge >= 0.3 is 0 Å². The van der Waals surface area contributed by atoms with E-state index in [0.717, 1.165) is 25.9 Å². The second-order valence-corrected chi connectivity index (χ2v) is 12.3. The number of carbonyl (C=O) groups is 1. The highest BCUT2D eigenvalue weighted by Crippen LogP contribution is 2.35. The number of aromatic nitrogens is 2. The Morgan fingerprint density at radius 2 is 1.85 bits per heavy atom. The van der Waals surface area contributed by atoms with Crippen LogP contribution >= 0.6 is 0 Å². The molecule has 0 saturated carbocycles. The van der Waals surface area contributed by atoms with Crippen molar-refractivity contribution in [1.82, 2.24) is 14.1 Å². The summed E-state index contributed by atoms with van der Waals surface area (Å²) in [6.45, 7) is 3.66. The average Bonchev–Trinajstić information content (AvgIpc) is 3.22. The predicted octanol–water partition coefficient (Wildman–Crippen LogP) is 1.12. The van der Waals surface area contributed by atoms with Crippen molar-refractivity contribution in [3.63, 3.8) is 0 Å². The Bertz CT molecular complexity index is 1290. The van der Waals surface area contributed by atoms with E-state index in [1.165, 1.54) is 6.20 Å². The van der Waals surface area contributed by atoms with Gasteiger partial charge in [0, 0.05) is 19.0 Å². The lowest BCUT2D eigenvalue weighted by Crippen LogP contribution is -2.43. The molecule has 0 atom stereocenters. The zero-order valence-electron chi connectivity index (χ0n) is 17.9. The van der Waals surface area contributed by atoms with Crippen molar-refractivity contribution in [3.05, 3.63) is 41.5 Å². The van der Waals surface area contributed by atoms with Crippen molar-refractivity contribution in [3.8, 4) is 6.07 Å². The maximum absolute atomic E-state index is 12.7. The molecule has 1 aromatic carbocycles. The molecule has 2 aromatic rings. The SMILES string of the molecule is CC1CCN(c2cc(C3CS(=O)(=O)NS(=O)(=O)C3)ccc2NC(=O)c2ncc(C#N)[nH]2)CC1. The van der Waals surface area contributed by atoms with Crippen LogP contribution in [-0.4, -0.2) is 57.3 Å². The largest absolute Gasteiger partial charge is 0.370 e. The molecule has 4 rings (SSSR count). The Morgan fingerprint density at radius 1 is 1.18 bits per heavy atom. The molecule has 0 bridgehead atoms. The minimum Gasteiger partial charge on any atom is -0.370 e. The van der Waals surface area contributed by atoms with Crippen LogP contribution in [0.25, 0.3) is 0 Å². The van der Waals surface area contributed by atoms with Crippen molar-refractivity contribution in [1.29, 1.82) is 5.26 Å². The highest BCUT2D eigenvalue weighted by Gasteiger charge is 2.35. The third kappa shape index (κ3) is 5.35. The normalized spacial score (nSPS) is 20.8. The van der Waals surface area contributed by atoms with E-state index < -0.39 is 31.9 Å². The number of amides is 1. The molecule has 3 N–H and O–H groups in total. The summed E-state index contributed by atoms with van der Waals surface area (Å²) in [6, 6.07) is 6.92. The number of H-pyrrole nitrogens is 1. The van der Waals surface area contributed by atoms with Gasteiger partial charge in [0.25, 0.3) is 5.91 Å². The lowest BCUT2D eigenvalue weighted by atomic mass is 9.96. The fourth-order valence-electron chi connectivity index (χ4n) is 4.13. The summed E-state index contributed by atoms with van der Waals surface area (Å²) < 4.78 is 50.0. The molecule has 2 aliphatic rings. The van der Waals surface area contributed by atoms with Crippen LogP contribution in [0.1, 0.15) is 47.6 Å². The molecule has 1 amide bonds.